The number of pyridine rings is 1. The number of aryl methyl sites for hydroxylation is 1. The van der Waals surface area contributed by atoms with E-state index >= 15 is 0 Å². The lowest BCUT2D eigenvalue weighted by atomic mass is 9.95. The maximum atomic E-state index is 13.4. The zero-order valence-corrected chi connectivity index (χ0v) is 17.7. The van der Waals surface area contributed by atoms with Crippen molar-refractivity contribution in [2.75, 3.05) is 13.7 Å². The van der Waals surface area contributed by atoms with Gasteiger partial charge >= 0.3 is 0 Å². The summed E-state index contributed by atoms with van der Waals surface area (Å²) in [5.74, 6) is -0.998. The highest BCUT2D eigenvalue weighted by Gasteiger charge is 2.29. The average Bonchev–Trinajstić information content (AvgIpc) is 2.78. The average molecular weight is 435 g/mol. The maximum Gasteiger partial charge on any atom is 0.268 e. The van der Waals surface area contributed by atoms with Crippen LogP contribution in [0.1, 0.15) is 37.4 Å². The molecule has 0 atom stereocenters. The first-order valence-electron chi connectivity index (χ1n) is 10.1. The second-order valence-electron chi connectivity index (χ2n) is 7.65. The number of rotatable bonds is 4. The van der Waals surface area contributed by atoms with E-state index in [4.69, 9.17) is 10.5 Å². The molecule has 32 heavy (non-hydrogen) atoms. The summed E-state index contributed by atoms with van der Waals surface area (Å²) in [4.78, 5) is 40.1. The molecule has 1 aliphatic rings. The van der Waals surface area contributed by atoms with Crippen LogP contribution < -0.4 is 16.0 Å². The van der Waals surface area contributed by atoms with Gasteiger partial charge in [0.05, 0.1) is 12.7 Å². The molecule has 0 radical (unpaired) electrons. The standard InChI is InChI=1S/C24H22FN3O4/c1-14-4-3-5-19(32-2)20(14)23(30)27-11-10-18-15(12-27)13-28(24(31)21(18)22(26)29)17-8-6-16(25)7-9-17/h3-9,13H,10-12H2,1-2H3,(H2,26,29). The third kappa shape index (κ3) is 3.64. The van der Waals surface area contributed by atoms with Gasteiger partial charge in [-0.2, -0.15) is 0 Å². The fourth-order valence-corrected chi connectivity index (χ4v) is 4.12. The molecule has 2 aromatic carbocycles. The van der Waals surface area contributed by atoms with Gasteiger partial charge in [0.2, 0.25) is 0 Å². The molecule has 1 aromatic heterocycles. The molecule has 0 saturated heterocycles. The third-order valence-electron chi connectivity index (χ3n) is 5.71. The highest BCUT2D eigenvalue weighted by atomic mass is 19.1. The summed E-state index contributed by atoms with van der Waals surface area (Å²) in [6.07, 6.45) is 1.90. The first kappa shape index (κ1) is 21.3. The van der Waals surface area contributed by atoms with Crippen LogP contribution in [0.4, 0.5) is 4.39 Å². The van der Waals surface area contributed by atoms with Crippen molar-refractivity contribution in [2.45, 2.75) is 19.9 Å². The minimum atomic E-state index is -0.830. The van der Waals surface area contributed by atoms with E-state index in [-0.39, 0.29) is 18.0 Å². The fourth-order valence-electron chi connectivity index (χ4n) is 4.12. The zero-order valence-electron chi connectivity index (χ0n) is 17.7. The molecule has 3 aromatic rings. The number of carbonyl (C=O) groups excluding carboxylic acids is 2. The summed E-state index contributed by atoms with van der Waals surface area (Å²) < 4.78 is 20.0. The topological polar surface area (TPSA) is 94.6 Å². The molecule has 8 heteroatoms. The van der Waals surface area contributed by atoms with Crippen molar-refractivity contribution in [1.29, 1.82) is 0 Å². The Morgan fingerprint density at radius 2 is 1.81 bits per heavy atom. The van der Waals surface area contributed by atoms with Crippen LogP contribution >= 0.6 is 0 Å². The third-order valence-corrected chi connectivity index (χ3v) is 5.71. The van der Waals surface area contributed by atoms with E-state index in [2.05, 4.69) is 0 Å². The summed E-state index contributed by atoms with van der Waals surface area (Å²) in [5, 5.41) is 0. The Morgan fingerprint density at radius 1 is 1.09 bits per heavy atom. The lowest BCUT2D eigenvalue weighted by molar-refractivity contribution is 0.0730. The van der Waals surface area contributed by atoms with E-state index in [0.29, 0.717) is 41.1 Å². The van der Waals surface area contributed by atoms with Gasteiger partial charge in [0.25, 0.3) is 17.4 Å². The molecule has 2 amide bonds. The molecule has 164 valence electrons. The second-order valence-corrected chi connectivity index (χ2v) is 7.65. The van der Waals surface area contributed by atoms with Crippen molar-refractivity contribution in [3.8, 4) is 11.4 Å². The van der Waals surface area contributed by atoms with Crippen molar-refractivity contribution < 1.29 is 18.7 Å². The van der Waals surface area contributed by atoms with E-state index in [1.807, 2.05) is 19.1 Å². The molecule has 1 aliphatic heterocycles. The molecule has 4 rings (SSSR count). The van der Waals surface area contributed by atoms with Crippen molar-refractivity contribution in [2.24, 2.45) is 5.73 Å². The van der Waals surface area contributed by atoms with Crippen molar-refractivity contribution in [1.82, 2.24) is 9.47 Å². The number of benzene rings is 2. The molecule has 7 nitrogen and oxygen atoms in total. The summed E-state index contributed by atoms with van der Waals surface area (Å²) in [7, 11) is 1.51. The van der Waals surface area contributed by atoms with Gasteiger partial charge in [-0.1, -0.05) is 12.1 Å². The van der Waals surface area contributed by atoms with E-state index in [9.17, 15) is 18.8 Å². The SMILES string of the molecule is COc1cccc(C)c1C(=O)N1CCc2c(cn(-c3ccc(F)cc3)c(=O)c2C(N)=O)C1. The van der Waals surface area contributed by atoms with Gasteiger partial charge < -0.3 is 15.4 Å². The predicted octanol–water partition coefficient (Wildman–Crippen LogP) is 2.59. The molecule has 2 N–H and O–H groups in total. The molecule has 0 aliphatic carbocycles. The van der Waals surface area contributed by atoms with Gasteiger partial charge in [0.1, 0.15) is 17.1 Å². The number of nitrogens with two attached hydrogens (primary N) is 1. The number of ether oxygens (including phenoxy) is 1. The highest BCUT2D eigenvalue weighted by molar-refractivity contribution is 5.99. The summed E-state index contributed by atoms with van der Waals surface area (Å²) in [5.41, 5.74) is 7.70. The smallest absolute Gasteiger partial charge is 0.268 e. The largest absolute Gasteiger partial charge is 0.496 e. The summed E-state index contributed by atoms with van der Waals surface area (Å²) in [6, 6.07) is 10.7. The number of aromatic nitrogens is 1. The highest BCUT2D eigenvalue weighted by Crippen LogP contribution is 2.28. The summed E-state index contributed by atoms with van der Waals surface area (Å²) in [6.45, 7) is 2.35. The van der Waals surface area contributed by atoms with Crippen LogP contribution in [0.2, 0.25) is 0 Å². The Bertz CT molecular complexity index is 1280. The Hall–Kier alpha value is -3.94. The summed E-state index contributed by atoms with van der Waals surface area (Å²) >= 11 is 0. The monoisotopic (exact) mass is 435 g/mol. The minimum absolute atomic E-state index is 0.104. The molecule has 0 spiro atoms. The van der Waals surface area contributed by atoms with Crippen LogP contribution in [0.3, 0.4) is 0 Å². The quantitative estimate of drug-likeness (QED) is 0.682. The Kier molecular flexibility index (Phi) is 5.52. The first-order valence-corrected chi connectivity index (χ1v) is 10.1. The number of halogens is 1. The molecular weight excluding hydrogens is 413 g/mol. The molecule has 0 fully saturated rings. The molecular formula is C24H22FN3O4. The molecule has 2 heterocycles. The molecule has 0 saturated carbocycles. The first-order chi connectivity index (χ1) is 15.3. The van der Waals surface area contributed by atoms with Crippen LogP contribution in [0.25, 0.3) is 5.69 Å². The maximum absolute atomic E-state index is 13.4. The van der Waals surface area contributed by atoms with Crippen LogP contribution in [-0.2, 0) is 13.0 Å². The lowest BCUT2D eigenvalue weighted by Crippen LogP contribution is -2.40. The van der Waals surface area contributed by atoms with Gasteiger partial charge in [0, 0.05) is 25.0 Å². The number of primary amides is 1. The van der Waals surface area contributed by atoms with E-state index in [1.165, 1.54) is 35.9 Å². The predicted molar refractivity (Wildman–Crippen MR) is 117 cm³/mol. The molecule has 0 bridgehead atoms. The number of carbonyl (C=O) groups is 2. The van der Waals surface area contributed by atoms with E-state index in [0.717, 1.165) is 5.56 Å². The number of hydrogen-bond acceptors (Lipinski definition) is 4. The van der Waals surface area contributed by atoms with Crippen molar-refractivity contribution >= 4 is 11.8 Å². The number of hydrogen-bond donors (Lipinski definition) is 1. The van der Waals surface area contributed by atoms with Crippen LogP contribution in [0, 0.1) is 12.7 Å². The number of fused-ring (bicyclic) bond motifs is 1. The van der Waals surface area contributed by atoms with Gasteiger partial charge in [-0.05, 0) is 60.4 Å². The van der Waals surface area contributed by atoms with Crippen molar-refractivity contribution in [3.05, 3.63) is 92.6 Å². The Labute approximate surface area is 183 Å². The van der Waals surface area contributed by atoms with E-state index in [1.54, 1.807) is 17.2 Å². The zero-order chi connectivity index (χ0) is 23.0. The number of nitrogens with zero attached hydrogens (tertiary/aromatic N) is 2. The van der Waals surface area contributed by atoms with Crippen LogP contribution in [-0.4, -0.2) is 34.9 Å². The Balaban J connectivity index is 1.79. The minimum Gasteiger partial charge on any atom is -0.496 e. The Morgan fingerprint density at radius 3 is 2.47 bits per heavy atom. The van der Waals surface area contributed by atoms with Crippen LogP contribution in [0.5, 0.6) is 5.75 Å². The fraction of sp³-hybridized carbons (Fsp3) is 0.208. The van der Waals surface area contributed by atoms with Gasteiger partial charge in [-0.3, -0.25) is 19.0 Å². The molecule has 0 unspecified atom stereocenters. The van der Waals surface area contributed by atoms with Gasteiger partial charge in [-0.15, -0.1) is 0 Å². The van der Waals surface area contributed by atoms with E-state index < -0.39 is 17.3 Å². The van der Waals surface area contributed by atoms with Crippen LogP contribution in [0.15, 0.2) is 53.5 Å². The van der Waals surface area contributed by atoms with Gasteiger partial charge in [-0.25, -0.2) is 4.39 Å². The second kappa shape index (κ2) is 8.30. The van der Waals surface area contributed by atoms with Crippen molar-refractivity contribution in [3.63, 3.8) is 0 Å². The number of amides is 2. The lowest BCUT2D eigenvalue weighted by Gasteiger charge is -2.31. The van der Waals surface area contributed by atoms with Gasteiger partial charge in [0.15, 0.2) is 0 Å². The number of methoxy groups -OCH3 is 1. The normalized spacial score (nSPS) is 12.9.